The molecule has 2 heterocycles. The zero-order valence-corrected chi connectivity index (χ0v) is 15.5. The molecule has 2 aromatic heterocycles. The van der Waals surface area contributed by atoms with Gasteiger partial charge in [0.15, 0.2) is 16.3 Å². The second kappa shape index (κ2) is 7.00. The lowest BCUT2D eigenvalue weighted by molar-refractivity contribution is -0.301. The fourth-order valence-electron chi connectivity index (χ4n) is 2.62. The van der Waals surface area contributed by atoms with Crippen LogP contribution in [0.15, 0.2) is 39.0 Å². The molecule has 0 saturated heterocycles. The van der Waals surface area contributed by atoms with Crippen LogP contribution in [-0.4, -0.2) is 30.4 Å². The number of aryl methyl sites for hydroxylation is 1. The van der Waals surface area contributed by atoms with Crippen LogP contribution in [0.2, 0.25) is 5.02 Å². The summed E-state index contributed by atoms with van der Waals surface area (Å²) in [7, 11) is 2.89. The summed E-state index contributed by atoms with van der Waals surface area (Å²) in [5.74, 6) is -1.58. The Morgan fingerprint density at radius 1 is 1.27 bits per heavy atom. The highest BCUT2D eigenvalue weighted by atomic mass is 35.5. The maximum Gasteiger partial charge on any atom is 0.332 e. The first kappa shape index (κ1) is 18.3. The third-order valence-corrected chi connectivity index (χ3v) is 5.05. The topological polar surface area (TPSA) is 102 Å². The maximum absolute atomic E-state index is 12.7. The molecule has 0 aliphatic carbocycles. The Balaban J connectivity index is 2.25. The SMILES string of the molecule is Cn1c(=O)c2c(nc(SCC(=O)[O-])n2Cc2cccc(Cl)c2)n(C)c1=O. The average Bonchev–Trinajstić information content (AvgIpc) is 2.95. The Labute approximate surface area is 156 Å². The van der Waals surface area contributed by atoms with Crippen molar-refractivity contribution in [2.75, 3.05) is 5.75 Å². The number of carboxylic acid groups (broad SMARTS) is 1. The van der Waals surface area contributed by atoms with Crippen LogP contribution >= 0.6 is 23.4 Å². The molecule has 0 bridgehead atoms. The highest BCUT2D eigenvalue weighted by molar-refractivity contribution is 7.99. The summed E-state index contributed by atoms with van der Waals surface area (Å²) in [6.45, 7) is 0.250. The minimum atomic E-state index is -1.25. The van der Waals surface area contributed by atoms with Gasteiger partial charge in [-0.25, -0.2) is 9.78 Å². The lowest BCUT2D eigenvalue weighted by Crippen LogP contribution is -2.37. The molecule has 10 heteroatoms. The molecule has 0 atom stereocenters. The highest BCUT2D eigenvalue weighted by Crippen LogP contribution is 2.23. The van der Waals surface area contributed by atoms with E-state index in [1.54, 1.807) is 22.8 Å². The van der Waals surface area contributed by atoms with E-state index in [-0.39, 0.29) is 23.5 Å². The van der Waals surface area contributed by atoms with Gasteiger partial charge >= 0.3 is 5.69 Å². The zero-order valence-electron chi connectivity index (χ0n) is 13.9. The molecule has 3 rings (SSSR count). The largest absolute Gasteiger partial charge is 0.549 e. The number of aliphatic carboxylic acids is 1. The fraction of sp³-hybridized carbons (Fsp3) is 0.250. The number of carbonyl (C=O) groups is 1. The molecular weight excluding hydrogens is 380 g/mol. The van der Waals surface area contributed by atoms with Crippen molar-refractivity contribution < 1.29 is 9.90 Å². The van der Waals surface area contributed by atoms with Gasteiger partial charge < -0.3 is 14.5 Å². The number of hydrogen-bond acceptors (Lipinski definition) is 6. The van der Waals surface area contributed by atoms with Gasteiger partial charge in [0.1, 0.15) is 0 Å². The number of hydrogen-bond donors (Lipinski definition) is 0. The van der Waals surface area contributed by atoms with Crippen LogP contribution in [0.4, 0.5) is 0 Å². The van der Waals surface area contributed by atoms with Crippen LogP contribution in [-0.2, 0) is 25.4 Å². The van der Waals surface area contributed by atoms with Crippen molar-refractivity contribution in [3.8, 4) is 0 Å². The second-order valence-corrected chi connectivity index (χ2v) is 7.03. The predicted molar refractivity (Wildman–Crippen MR) is 96.5 cm³/mol. The molecule has 0 fully saturated rings. The molecule has 0 amide bonds. The van der Waals surface area contributed by atoms with Crippen LogP contribution in [0.5, 0.6) is 0 Å². The minimum absolute atomic E-state index is 0.195. The normalized spacial score (nSPS) is 11.2. The minimum Gasteiger partial charge on any atom is -0.549 e. The van der Waals surface area contributed by atoms with Crippen LogP contribution in [0, 0.1) is 0 Å². The second-order valence-electron chi connectivity index (χ2n) is 5.65. The standard InChI is InChI=1S/C16H15ClN4O4S/c1-19-13-12(14(24)20(2)16(19)25)21(15(18-13)26-8-11(22)23)7-9-4-3-5-10(17)6-9/h3-6H,7-8H2,1-2H3,(H,22,23)/p-1. The molecular formula is C16H14ClN4O4S-. The van der Waals surface area contributed by atoms with Gasteiger partial charge in [-0.2, -0.15) is 0 Å². The molecule has 0 saturated carbocycles. The Kier molecular flexibility index (Phi) is 4.92. The van der Waals surface area contributed by atoms with Crippen molar-refractivity contribution in [2.45, 2.75) is 11.7 Å². The third-order valence-electron chi connectivity index (χ3n) is 3.86. The molecule has 0 aliphatic heterocycles. The first-order chi connectivity index (χ1) is 12.3. The first-order valence-corrected chi connectivity index (χ1v) is 8.89. The van der Waals surface area contributed by atoms with E-state index in [1.807, 2.05) is 6.07 Å². The molecule has 3 aromatic rings. The van der Waals surface area contributed by atoms with Crippen molar-refractivity contribution in [3.63, 3.8) is 0 Å². The van der Waals surface area contributed by atoms with E-state index in [2.05, 4.69) is 4.98 Å². The van der Waals surface area contributed by atoms with E-state index in [1.165, 1.54) is 18.7 Å². The molecule has 0 spiro atoms. The number of carbonyl (C=O) groups excluding carboxylic acids is 1. The molecule has 0 N–H and O–H groups in total. The lowest BCUT2D eigenvalue weighted by Gasteiger charge is -2.10. The van der Waals surface area contributed by atoms with E-state index in [0.29, 0.717) is 10.2 Å². The van der Waals surface area contributed by atoms with Crippen LogP contribution in [0.25, 0.3) is 11.2 Å². The molecule has 26 heavy (non-hydrogen) atoms. The Bertz CT molecular complexity index is 1130. The summed E-state index contributed by atoms with van der Waals surface area (Å²) in [5.41, 5.74) is 0.212. The molecule has 136 valence electrons. The molecule has 0 unspecified atom stereocenters. The van der Waals surface area contributed by atoms with Crippen molar-refractivity contribution >= 4 is 40.5 Å². The maximum atomic E-state index is 12.7. The number of nitrogens with zero attached hydrogens (tertiary/aromatic N) is 4. The van der Waals surface area contributed by atoms with Gasteiger partial charge in [0.05, 0.1) is 12.5 Å². The quantitative estimate of drug-likeness (QED) is 0.564. The highest BCUT2D eigenvalue weighted by Gasteiger charge is 2.19. The van der Waals surface area contributed by atoms with Gasteiger partial charge in [0.2, 0.25) is 0 Å². The van der Waals surface area contributed by atoms with Gasteiger partial charge in [0, 0.05) is 24.9 Å². The number of fused-ring (bicyclic) bond motifs is 1. The van der Waals surface area contributed by atoms with E-state index >= 15 is 0 Å². The molecule has 1 aromatic carbocycles. The summed E-state index contributed by atoms with van der Waals surface area (Å²) >= 11 is 6.95. The summed E-state index contributed by atoms with van der Waals surface area (Å²) in [4.78, 5) is 40.0. The van der Waals surface area contributed by atoms with Gasteiger partial charge in [-0.1, -0.05) is 35.5 Å². The molecule has 0 radical (unpaired) electrons. The van der Waals surface area contributed by atoms with Crippen LogP contribution in [0.3, 0.4) is 0 Å². The summed E-state index contributed by atoms with van der Waals surface area (Å²) < 4.78 is 3.84. The number of benzene rings is 1. The van der Waals surface area contributed by atoms with Gasteiger partial charge in [-0.05, 0) is 17.7 Å². The van der Waals surface area contributed by atoms with Gasteiger partial charge in [-0.3, -0.25) is 13.9 Å². The van der Waals surface area contributed by atoms with Crippen molar-refractivity contribution in [1.82, 2.24) is 18.7 Å². The van der Waals surface area contributed by atoms with Gasteiger partial charge in [0.25, 0.3) is 5.56 Å². The number of aromatic nitrogens is 4. The van der Waals surface area contributed by atoms with Crippen LogP contribution < -0.4 is 16.4 Å². The number of imidazole rings is 1. The number of thioether (sulfide) groups is 1. The van der Waals surface area contributed by atoms with Crippen LogP contribution in [0.1, 0.15) is 5.56 Å². The summed E-state index contributed by atoms with van der Waals surface area (Å²) in [6, 6.07) is 7.08. The monoisotopic (exact) mass is 393 g/mol. The number of rotatable bonds is 5. The van der Waals surface area contributed by atoms with E-state index in [4.69, 9.17) is 11.6 Å². The van der Waals surface area contributed by atoms with Crippen molar-refractivity contribution in [1.29, 1.82) is 0 Å². The van der Waals surface area contributed by atoms with E-state index < -0.39 is 17.2 Å². The lowest BCUT2D eigenvalue weighted by atomic mass is 10.2. The van der Waals surface area contributed by atoms with Crippen molar-refractivity contribution in [2.24, 2.45) is 14.1 Å². The zero-order chi connectivity index (χ0) is 19.0. The van der Waals surface area contributed by atoms with E-state index in [0.717, 1.165) is 21.9 Å². The average molecular weight is 394 g/mol. The number of carboxylic acids is 1. The molecule has 0 aliphatic rings. The fourth-order valence-corrected chi connectivity index (χ4v) is 3.55. The Hall–Kier alpha value is -2.52. The first-order valence-electron chi connectivity index (χ1n) is 7.53. The van der Waals surface area contributed by atoms with Gasteiger partial charge in [-0.15, -0.1) is 0 Å². The summed E-state index contributed by atoms with van der Waals surface area (Å²) in [6.07, 6.45) is 0. The summed E-state index contributed by atoms with van der Waals surface area (Å²) in [5, 5.41) is 11.7. The van der Waals surface area contributed by atoms with E-state index in [9.17, 15) is 19.5 Å². The number of halogens is 1. The smallest absolute Gasteiger partial charge is 0.332 e. The third kappa shape index (κ3) is 3.27. The predicted octanol–water partition coefficient (Wildman–Crippen LogP) is -0.0226. The molecule has 8 nitrogen and oxygen atoms in total. The Morgan fingerprint density at radius 3 is 2.65 bits per heavy atom. The Morgan fingerprint density at radius 2 is 2.00 bits per heavy atom. The van der Waals surface area contributed by atoms with Crippen molar-refractivity contribution in [3.05, 3.63) is 55.7 Å².